The molecule has 2 aromatic heterocycles. The van der Waals surface area contributed by atoms with Gasteiger partial charge in [-0.15, -0.1) is 11.3 Å². The molecule has 0 bridgehead atoms. The summed E-state index contributed by atoms with van der Waals surface area (Å²) >= 11 is 1.65. The van der Waals surface area contributed by atoms with Gasteiger partial charge in [0.15, 0.2) is 0 Å². The van der Waals surface area contributed by atoms with Crippen LogP contribution in [0.25, 0.3) is 21.8 Å². The van der Waals surface area contributed by atoms with Gasteiger partial charge in [-0.2, -0.15) is 0 Å². The standard InChI is InChI=1S/C24H27N3OS/c1-2-3-4-5-15-27-22-10-9-19(16-20(22)7-6-8-23(27)28)21-17-29-24(26-21)18-11-13-25-14-12-18/h9-14,16-17H,2-8,15H2,1H3. The molecule has 0 saturated heterocycles. The largest absolute Gasteiger partial charge is 0.312 e. The molecule has 1 aliphatic rings. The van der Waals surface area contributed by atoms with Crippen LogP contribution in [0, 0.1) is 0 Å². The average Bonchev–Trinajstić information content (AvgIpc) is 3.19. The van der Waals surface area contributed by atoms with Gasteiger partial charge in [0.05, 0.1) is 5.69 Å². The Kier molecular flexibility index (Phi) is 6.35. The SMILES string of the molecule is CCCCCCN1C(=O)CCCc2cc(-c3csc(-c4ccncc4)n3)ccc21. The maximum Gasteiger partial charge on any atom is 0.226 e. The first kappa shape index (κ1) is 19.8. The number of amides is 1. The van der Waals surface area contributed by atoms with Gasteiger partial charge in [-0.25, -0.2) is 4.98 Å². The first-order valence-corrected chi connectivity index (χ1v) is 11.4. The van der Waals surface area contributed by atoms with Crippen molar-refractivity contribution in [1.29, 1.82) is 0 Å². The molecule has 4 rings (SSSR count). The highest BCUT2D eigenvalue weighted by Crippen LogP contribution is 2.34. The zero-order valence-electron chi connectivity index (χ0n) is 16.9. The third-order valence-electron chi connectivity index (χ3n) is 5.47. The van der Waals surface area contributed by atoms with E-state index in [0.29, 0.717) is 6.42 Å². The summed E-state index contributed by atoms with van der Waals surface area (Å²) in [6, 6.07) is 10.4. The zero-order chi connectivity index (χ0) is 20.1. The van der Waals surface area contributed by atoms with Crippen molar-refractivity contribution in [1.82, 2.24) is 9.97 Å². The fourth-order valence-corrected chi connectivity index (χ4v) is 4.72. The molecule has 0 saturated carbocycles. The molecule has 5 heteroatoms. The van der Waals surface area contributed by atoms with Crippen LogP contribution in [0.15, 0.2) is 48.1 Å². The minimum Gasteiger partial charge on any atom is -0.312 e. The molecule has 4 nitrogen and oxygen atoms in total. The lowest BCUT2D eigenvalue weighted by atomic mass is 10.0. The summed E-state index contributed by atoms with van der Waals surface area (Å²) in [6.07, 6.45) is 10.8. The van der Waals surface area contributed by atoms with E-state index in [1.165, 1.54) is 24.8 Å². The van der Waals surface area contributed by atoms with E-state index in [9.17, 15) is 4.79 Å². The predicted molar refractivity (Wildman–Crippen MR) is 120 cm³/mol. The summed E-state index contributed by atoms with van der Waals surface area (Å²) in [7, 11) is 0. The topological polar surface area (TPSA) is 46.1 Å². The normalized spacial score (nSPS) is 14.0. The molecule has 29 heavy (non-hydrogen) atoms. The molecule has 0 radical (unpaired) electrons. The molecule has 0 fully saturated rings. The number of hydrogen-bond donors (Lipinski definition) is 0. The Balaban J connectivity index is 1.58. The van der Waals surface area contributed by atoms with Crippen LogP contribution in [0.2, 0.25) is 0 Å². The fourth-order valence-electron chi connectivity index (χ4n) is 3.88. The van der Waals surface area contributed by atoms with Gasteiger partial charge in [-0.1, -0.05) is 32.3 Å². The van der Waals surface area contributed by atoms with Gasteiger partial charge < -0.3 is 4.90 Å². The average molecular weight is 406 g/mol. The highest BCUT2D eigenvalue weighted by molar-refractivity contribution is 7.13. The monoisotopic (exact) mass is 405 g/mol. The molecule has 1 aromatic carbocycles. The Bertz CT molecular complexity index is 967. The number of benzene rings is 1. The van der Waals surface area contributed by atoms with E-state index in [4.69, 9.17) is 4.98 Å². The summed E-state index contributed by atoms with van der Waals surface area (Å²) in [5, 5.41) is 3.12. The molecule has 0 N–H and O–H groups in total. The lowest BCUT2D eigenvalue weighted by Gasteiger charge is -2.23. The first-order valence-electron chi connectivity index (χ1n) is 10.6. The predicted octanol–water partition coefficient (Wildman–Crippen LogP) is 6.12. The van der Waals surface area contributed by atoms with Crippen molar-refractivity contribution in [2.45, 2.75) is 51.9 Å². The molecule has 0 atom stereocenters. The minimum atomic E-state index is 0.265. The molecule has 3 heterocycles. The van der Waals surface area contributed by atoms with Gasteiger partial charge in [-0.3, -0.25) is 9.78 Å². The Hall–Kier alpha value is -2.53. The van der Waals surface area contributed by atoms with Crippen molar-refractivity contribution >= 4 is 22.9 Å². The highest BCUT2D eigenvalue weighted by Gasteiger charge is 2.22. The van der Waals surface area contributed by atoms with Crippen molar-refractivity contribution < 1.29 is 4.79 Å². The minimum absolute atomic E-state index is 0.265. The number of rotatable bonds is 7. The van der Waals surface area contributed by atoms with Gasteiger partial charge in [0, 0.05) is 47.6 Å². The maximum absolute atomic E-state index is 12.7. The van der Waals surface area contributed by atoms with Crippen molar-refractivity contribution in [2.75, 3.05) is 11.4 Å². The van der Waals surface area contributed by atoms with E-state index in [1.807, 2.05) is 17.0 Å². The molecule has 1 amide bonds. The Labute approximate surface area is 176 Å². The number of aromatic nitrogens is 2. The van der Waals surface area contributed by atoms with Gasteiger partial charge >= 0.3 is 0 Å². The van der Waals surface area contributed by atoms with Crippen LogP contribution >= 0.6 is 11.3 Å². The van der Waals surface area contributed by atoms with E-state index in [0.717, 1.165) is 53.3 Å². The van der Waals surface area contributed by atoms with Gasteiger partial charge in [0.2, 0.25) is 5.91 Å². The van der Waals surface area contributed by atoms with E-state index in [2.05, 4.69) is 35.5 Å². The third kappa shape index (κ3) is 4.56. The van der Waals surface area contributed by atoms with Gasteiger partial charge in [0.1, 0.15) is 5.01 Å². The van der Waals surface area contributed by atoms with Gasteiger partial charge in [0.25, 0.3) is 0 Å². The summed E-state index contributed by atoms with van der Waals surface area (Å²) < 4.78 is 0. The molecule has 0 spiro atoms. The van der Waals surface area contributed by atoms with Crippen molar-refractivity contribution in [2.24, 2.45) is 0 Å². The molecule has 150 valence electrons. The second-order valence-electron chi connectivity index (χ2n) is 7.58. The van der Waals surface area contributed by atoms with Crippen LogP contribution < -0.4 is 4.90 Å². The van der Waals surface area contributed by atoms with Crippen molar-refractivity contribution in [3.05, 3.63) is 53.7 Å². The number of hydrogen-bond acceptors (Lipinski definition) is 4. The lowest BCUT2D eigenvalue weighted by molar-refractivity contribution is -0.118. The number of unbranched alkanes of at least 4 members (excludes halogenated alkanes) is 3. The second kappa shape index (κ2) is 9.31. The smallest absolute Gasteiger partial charge is 0.226 e. The van der Waals surface area contributed by atoms with Crippen LogP contribution in [0.5, 0.6) is 0 Å². The molecular weight excluding hydrogens is 378 g/mol. The summed E-state index contributed by atoms with van der Waals surface area (Å²) in [6.45, 7) is 3.04. The number of carbonyl (C=O) groups is 1. The number of aryl methyl sites for hydroxylation is 1. The zero-order valence-corrected chi connectivity index (χ0v) is 17.8. The van der Waals surface area contributed by atoms with Crippen LogP contribution in [-0.4, -0.2) is 22.4 Å². The number of nitrogens with zero attached hydrogens (tertiary/aromatic N) is 3. The Morgan fingerprint density at radius 1 is 1.03 bits per heavy atom. The van der Waals surface area contributed by atoms with E-state index in [-0.39, 0.29) is 5.91 Å². The van der Waals surface area contributed by atoms with Crippen LogP contribution in [-0.2, 0) is 11.2 Å². The highest BCUT2D eigenvalue weighted by atomic mass is 32.1. The first-order chi connectivity index (χ1) is 14.3. The maximum atomic E-state index is 12.7. The number of pyridine rings is 1. The van der Waals surface area contributed by atoms with Crippen LogP contribution in [0.3, 0.4) is 0 Å². The number of anilines is 1. The Morgan fingerprint density at radius 2 is 1.90 bits per heavy atom. The van der Waals surface area contributed by atoms with E-state index in [1.54, 1.807) is 23.7 Å². The molecule has 0 unspecified atom stereocenters. The second-order valence-corrected chi connectivity index (χ2v) is 8.43. The molecule has 3 aromatic rings. The van der Waals surface area contributed by atoms with Crippen LogP contribution in [0.4, 0.5) is 5.69 Å². The molecular formula is C24H27N3OS. The Morgan fingerprint density at radius 3 is 2.72 bits per heavy atom. The summed E-state index contributed by atoms with van der Waals surface area (Å²) in [5.74, 6) is 0.265. The summed E-state index contributed by atoms with van der Waals surface area (Å²) in [5.41, 5.74) is 5.57. The van der Waals surface area contributed by atoms with Crippen molar-refractivity contribution in [3.8, 4) is 21.8 Å². The number of fused-ring (bicyclic) bond motifs is 1. The molecule has 1 aliphatic heterocycles. The van der Waals surface area contributed by atoms with E-state index < -0.39 is 0 Å². The molecule has 0 aliphatic carbocycles. The van der Waals surface area contributed by atoms with Crippen molar-refractivity contribution in [3.63, 3.8) is 0 Å². The summed E-state index contributed by atoms with van der Waals surface area (Å²) in [4.78, 5) is 23.6. The lowest BCUT2D eigenvalue weighted by Crippen LogP contribution is -2.31. The number of carbonyl (C=O) groups excluding carboxylic acids is 1. The fraction of sp³-hybridized carbons (Fsp3) is 0.375. The van der Waals surface area contributed by atoms with E-state index >= 15 is 0 Å². The number of thiazole rings is 1. The third-order valence-corrected chi connectivity index (χ3v) is 6.36. The van der Waals surface area contributed by atoms with Gasteiger partial charge in [-0.05, 0) is 49.1 Å². The quantitative estimate of drug-likeness (QED) is 0.445. The van der Waals surface area contributed by atoms with Crippen LogP contribution in [0.1, 0.15) is 51.0 Å².